The minimum Gasteiger partial charge on any atom is -0.381 e. The van der Waals surface area contributed by atoms with Crippen molar-refractivity contribution in [3.63, 3.8) is 0 Å². The summed E-state index contributed by atoms with van der Waals surface area (Å²) in [6, 6.07) is 7.96. The molecule has 0 aliphatic carbocycles. The zero-order valence-corrected chi connectivity index (χ0v) is 12.7. The highest BCUT2D eigenvalue weighted by molar-refractivity contribution is 6.31. The number of ether oxygens (including phenoxy) is 1. The van der Waals surface area contributed by atoms with Gasteiger partial charge in [0.05, 0.1) is 0 Å². The molecule has 0 aliphatic heterocycles. The van der Waals surface area contributed by atoms with E-state index in [1.54, 1.807) is 0 Å². The first kappa shape index (κ1) is 15.8. The summed E-state index contributed by atoms with van der Waals surface area (Å²) in [5.41, 5.74) is 1.17. The molecule has 1 aromatic carbocycles. The molecular formula is C15H22Cl2O. The predicted molar refractivity (Wildman–Crippen MR) is 79.6 cm³/mol. The highest BCUT2D eigenvalue weighted by atomic mass is 35.5. The van der Waals surface area contributed by atoms with E-state index in [0.29, 0.717) is 17.7 Å². The van der Waals surface area contributed by atoms with Crippen molar-refractivity contribution < 1.29 is 4.74 Å². The van der Waals surface area contributed by atoms with Gasteiger partial charge in [-0.05, 0) is 36.3 Å². The molecule has 0 amide bonds. The van der Waals surface area contributed by atoms with Crippen LogP contribution in [0.2, 0.25) is 5.02 Å². The molecule has 0 N–H and O–H groups in total. The summed E-state index contributed by atoms with van der Waals surface area (Å²) in [6.07, 6.45) is 1.91. The van der Waals surface area contributed by atoms with Crippen LogP contribution in [0, 0.1) is 11.8 Å². The van der Waals surface area contributed by atoms with Gasteiger partial charge in [0.15, 0.2) is 0 Å². The van der Waals surface area contributed by atoms with Crippen molar-refractivity contribution in [2.45, 2.75) is 26.7 Å². The molecule has 1 aromatic rings. The van der Waals surface area contributed by atoms with Gasteiger partial charge < -0.3 is 4.74 Å². The molecule has 102 valence electrons. The second-order valence-electron chi connectivity index (χ2n) is 5.07. The molecule has 1 rings (SSSR count). The van der Waals surface area contributed by atoms with E-state index in [4.69, 9.17) is 27.9 Å². The summed E-state index contributed by atoms with van der Waals surface area (Å²) in [7, 11) is 0. The van der Waals surface area contributed by atoms with Crippen molar-refractivity contribution in [2.24, 2.45) is 11.8 Å². The monoisotopic (exact) mass is 288 g/mol. The third-order valence-electron chi connectivity index (χ3n) is 2.81. The van der Waals surface area contributed by atoms with E-state index in [1.165, 1.54) is 5.56 Å². The molecule has 0 bridgehead atoms. The van der Waals surface area contributed by atoms with Crippen molar-refractivity contribution in [1.29, 1.82) is 0 Å². The molecule has 0 heterocycles. The fraction of sp³-hybridized carbons (Fsp3) is 0.600. The van der Waals surface area contributed by atoms with Gasteiger partial charge in [-0.1, -0.05) is 43.6 Å². The minimum atomic E-state index is 0.429. The van der Waals surface area contributed by atoms with Crippen LogP contribution in [0.4, 0.5) is 0 Å². The van der Waals surface area contributed by atoms with Crippen LogP contribution >= 0.6 is 23.2 Å². The first-order valence-corrected chi connectivity index (χ1v) is 7.41. The summed E-state index contributed by atoms with van der Waals surface area (Å²) in [5.74, 6) is 1.66. The Morgan fingerprint density at radius 2 is 1.94 bits per heavy atom. The lowest BCUT2D eigenvalue weighted by molar-refractivity contribution is 0.0996. The molecule has 1 unspecified atom stereocenters. The molecule has 0 saturated heterocycles. The van der Waals surface area contributed by atoms with Gasteiger partial charge in [-0.2, -0.15) is 0 Å². The zero-order valence-electron chi connectivity index (χ0n) is 11.2. The topological polar surface area (TPSA) is 9.23 Å². The minimum absolute atomic E-state index is 0.429. The van der Waals surface area contributed by atoms with Crippen molar-refractivity contribution in [3.8, 4) is 0 Å². The fourth-order valence-electron chi connectivity index (χ4n) is 1.78. The highest BCUT2D eigenvalue weighted by Gasteiger charge is 2.10. The highest BCUT2D eigenvalue weighted by Crippen LogP contribution is 2.21. The van der Waals surface area contributed by atoms with Gasteiger partial charge in [-0.15, -0.1) is 11.6 Å². The Morgan fingerprint density at radius 3 is 2.56 bits per heavy atom. The van der Waals surface area contributed by atoms with E-state index in [9.17, 15) is 0 Å². The summed E-state index contributed by atoms with van der Waals surface area (Å²) in [4.78, 5) is 0. The fourth-order valence-corrected chi connectivity index (χ4v) is 2.25. The van der Waals surface area contributed by atoms with Crippen molar-refractivity contribution in [1.82, 2.24) is 0 Å². The van der Waals surface area contributed by atoms with Crippen molar-refractivity contribution in [2.75, 3.05) is 19.1 Å². The van der Waals surface area contributed by atoms with E-state index in [0.717, 1.165) is 31.1 Å². The van der Waals surface area contributed by atoms with Gasteiger partial charge in [-0.3, -0.25) is 0 Å². The molecule has 0 fully saturated rings. The van der Waals surface area contributed by atoms with Gasteiger partial charge >= 0.3 is 0 Å². The summed E-state index contributed by atoms with van der Waals surface area (Å²) in [5, 5.41) is 0.829. The predicted octanol–water partition coefficient (Wildman–Crippen LogP) is 4.80. The van der Waals surface area contributed by atoms with Crippen LogP contribution in [0.3, 0.4) is 0 Å². The smallest absolute Gasteiger partial charge is 0.0488 e. The van der Waals surface area contributed by atoms with Crippen LogP contribution in [-0.4, -0.2) is 19.1 Å². The van der Waals surface area contributed by atoms with Crippen LogP contribution < -0.4 is 0 Å². The lowest BCUT2D eigenvalue weighted by atomic mass is 9.98. The standard InChI is InChI=1S/C15H22Cl2O/c1-12(2)11-18-8-7-13(10-16)9-14-5-3-4-6-15(14)17/h3-6,12-13H,7-11H2,1-2H3. The lowest BCUT2D eigenvalue weighted by Gasteiger charge is -2.15. The van der Waals surface area contributed by atoms with Gasteiger partial charge in [0, 0.05) is 24.1 Å². The van der Waals surface area contributed by atoms with Gasteiger partial charge in [-0.25, -0.2) is 0 Å². The number of hydrogen-bond acceptors (Lipinski definition) is 1. The number of benzene rings is 1. The maximum Gasteiger partial charge on any atom is 0.0488 e. The lowest BCUT2D eigenvalue weighted by Crippen LogP contribution is -2.12. The summed E-state index contributed by atoms with van der Waals surface area (Å²) in [6.45, 7) is 5.91. The molecule has 0 saturated carbocycles. The number of alkyl halides is 1. The normalized spacial score (nSPS) is 12.9. The molecule has 0 aromatic heterocycles. The van der Waals surface area contributed by atoms with Crippen molar-refractivity contribution >= 4 is 23.2 Å². The van der Waals surface area contributed by atoms with Crippen LogP contribution in [0.5, 0.6) is 0 Å². The Kier molecular flexibility index (Phi) is 7.73. The number of hydrogen-bond donors (Lipinski definition) is 0. The molecule has 0 aliphatic rings. The van der Waals surface area contributed by atoms with Gasteiger partial charge in [0.1, 0.15) is 0 Å². The van der Waals surface area contributed by atoms with E-state index < -0.39 is 0 Å². The summed E-state index contributed by atoms with van der Waals surface area (Å²) >= 11 is 12.2. The maximum atomic E-state index is 6.15. The first-order valence-electron chi connectivity index (χ1n) is 6.50. The second-order valence-corrected chi connectivity index (χ2v) is 5.79. The van der Waals surface area contributed by atoms with Crippen LogP contribution in [0.25, 0.3) is 0 Å². The van der Waals surface area contributed by atoms with Gasteiger partial charge in [0.2, 0.25) is 0 Å². The quantitative estimate of drug-likeness (QED) is 0.493. The molecular weight excluding hydrogens is 267 g/mol. The van der Waals surface area contributed by atoms with Crippen LogP contribution in [-0.2, 0) is 11.2 Å². The number of halogens is 2. The third-order valence-corrected chi connectivity index (χ3v) is 3.61. The Morgan fingerprint density at radius 1 is 1.22 bits per heavy atom. The Balaban J connectivity index is 2.36. The third kappa shape index (κ3) is 6.08. The average molecular weight is 289 g/mol. The van der Waals surface area contributed by atoms with E-state index in [-0.39, 0.29) is 0 Å². The molecule has 1 nitrogen and oxygen atoms in total. The maximum absolute atomic E-state index is 6.15. The zero-order chi connectivity index (χ0) is 13.4. The van der Waals surface area contributed by atoms with E-state index in [1.807, 2.05) is 18.2 Å². The Hall–Kier alpha value is -0.240. The average Bonchev–Trinajstić information content (AvgIpc) is 2.35. The van der Waals surface area contributed by atoms with E-state index >= 15 is 0 Å². The summed E-state index contributed by atoms with van der Waals surface area (Å²) < 4.78 is 5.60. The van der Waals surface area contributed by atoms with Crippen molar-refractivity contribution in [3.05, 3.63) is 34.9 Å². The first-order chi connectivity index (χ1) is 8.63. The Bertz CT molecular complexity index is 339. The van der Waals surface area contributed by atoms with Crippen LogP contribution in [0.1, 0.15) is 25.8 Å². The Labute approximate surface area is 120 Å². The molecule has 1 atom stereocenters. The van der Waals surface area contributed by atoms with E-state index in [2.05, 4.69) is 19.9 Å². The van der Waals surface area contributed by atoms with Crippen LogP contribution in [0.15, 0.2) is 24.3 Å². The molecule has 3 heteroatoms. The van der Waals surface area contributed by atoms with Gasteiger partial charge in [0.25, 0.3) is 0 Å². The largest absolute Gasteiger partial charge is 0.381 e. The number of rotatable bonds is 8. The molecule has 0 spiro atoms. The SMILES string of the molecule is CC(C)COCCC(CCl)Cc1ccccc1Cl. The molecule has 18 heavy (non-hydrogen) atoms. The molecule has 0 radical (unpaired) electrons. The second kappa shape index (κ2) is 8.79.